The molecule has 0 saturated heterocycles. The molecule has 3 aromatic rings. The summed E-state index contributed by atoms with van der Waals surface area (Å²) in [7, 11) is 6.52. The molecule has 2 amide bonds. The highest BCUT2D eigenvalue weighted by molar-refractivity contribution is 6.02. The number of aryl methyl sites for hydroxylation is 1. The molecular formula is C23H27N3O5. The number of fused-ring (bicyclic) bond motifs is 1. The van der Waals surface area contributed by atoms with E-state index in [9.17, 15) is 9.59 Å². The van der Waals surface area contributed by atoms with Gasteiger partial charge in [0.05, 0.1) is 26.8 Å². The molecule has 0 saturated carbocycles. The molecule has 31 heavy (non-hydrogen) atoms. The van der Waals surface area contributed by atoms with Crippen LogP contribution in [-0.2, 0) is 18.4 Å². The molecule has 0 aliphatic heterocycles. The van der Waals surface area contributed by atoms with Gasteiger partial charge in [0.25, 0.3) is 5.91 Å². The van der Waals surface area contributed by atoms with E-state index in [0.717, 1.165) is 22.2 Å². The van der Waals surface area contributed by atoms with Crippen LogP contribution in [-0.4, -0.2) is 43.8 Å². The van der Waals surface area contributed by atoms with Crippen molar-refractivity contribution in [2.75, 3.05) is 21.3 Å². The third-order valence-corrected chi connectivity index (χ3v) is 5.15. The Morgan fingerprint density at radius 1 is 0.968 bits per heavy atom. The smallest absolute Gasteiger partial charge is 0.268 e. The lowest BCUT2D eigenvalue weighted by Gasteiger charge is -2.15. The molecule has 1 aromatic heterocycles. The Morgan fingerprint density at radius 3 is 2.26 bits per heavy atom. The van der Waals surface area contributed by atoms with E-state index < -0.39 is 6.04 Å². The number of methoxy groups -OCH3 is 3. The van der Waals surface area contributed by atoms with Crippen molar-refractivity contribution in [3.8, 4) is 17.2 Å². The number of nitrogens with one attached hydrogen (secondary N) is 2. The van der Waals surface area contributed by atoms with Gasteiger partial charge in [0.15, 0.2) is 0 Å². The third kappa shape index (κ3) is 4.74. The van der Waals surface area contributed by atoms with E-state index in [1.807, 2.05) is 30.3 Å². The van der Waals surface area contributed by atoms with Crippen molar-refractivity contribution in [2.45, 2.75) is 19.5 Å². The van der Waals surface area contributed by atoms with Gasteiger partial charge in [-0.2, -0.15) is 0 Å². The van der Waals surface area contributed by atoms with Crippen LogP contribution < -0.4 is 24.8 Å². The number of carbonyl (C=O) groups is 2. The van der Waals surface area contributed by atoms with Gasteiger partial charge in [-0.25, -0.2) is 0 Å². The van der Waals surface area contributed by atoms with E-state index in [-0.39, 0.29) is 11.8 Å². The van der Waals surface area contributed by atoms with E-state index in [1.165, 1.54) is 0 Å². The van der Waals surface area contributed by atoms with Crippen molar-refractivity contribution in [1.82, 2.24) is 15.2 Å². The van der Waals surface area contributed by atoms with Crippen LogP contribution in [0.3, 0.4) is 0 Å². The summed E-state index contributed by atoms with van der Waals surface area (Å²) >= 11 is 0. The lowest BCUT2D eigenvalue weighted by atomic mass is 10.2. The molecule has 0 radical (unpaired) electrons. The van der Waals surface area contributed by atoms with Crippen molar-refractivity contribution in [3.05, 3.63) is 53.7 Å². The minimum Gasteiger partial charge on any atom is -0.497 e. The molecule has 1 atom stereocenters. The highest BCUT2D eigenvalue weighted by Gasteiger charge is 2.21. The van der Waals surface area contributed by atoms with Gasteiger partial charge in [-0.3, -0.25) is 9.59 Å². The fourth-order valence-corrected chi connectivity index (χ4v) is 3.30. The second-order valence-corrected chi connectivity index (χ2v) is 7.11. The van der Waals surface area contributed by atoms with Crippen LogP contribution in [0.15, 0.2) is 42.5 Å². The Balaban J connectivity index is 1.69. The lowest BCUT2D eigenvalue weighted by molar-refractivity contribution is -0.122. The van der Waals surface area contributed by atoms with Gasteiger partial charge < -0.3 is 29.4 Å². The molecule has 0 unspecified atom stereocenters. The number of nitrogens with zero attached hydrogens (tertiary/aromatic N) is 1. The highest BCUT2D eigenvalue weighted by Crippen LogP contribution is 2.33. The largest absolute Gasteiger partial charge is 0.497 e. The van der Waals surface area contributed by atoms with Crippen LogP contribution in [0.2, 0.25) is 0 Å². The zero-order valence-corrected chi connectivity index (χ0v) is 18.3. The molecule has 2 aromatic carbocycles. The SMILES string of the molecule is COc1ccc(CNC(=O)[C@H](C)NC(=O)c2cc3c(OC)cc(OC)cc3n2C)cc1. The Morgan fingerprint density at radius 2 is 1.65 bits per heavy atom. The van der Waals surface area contributed by atoms with Crippen LogP contribution in [0, 0.1) is 0 Å². The first-order valence-electron chi connectivity index (χ1n) is 9.81. The number of rotatable bonds is 8. The normalized spacial score (nSPS) is 11.6. The quantitative estimate of drug-likeness (QED) is 0.579. The topological polar surface area (TPSA) is 90.8 Å². The summed E-state index contributed by atoms with van der Waals surface area (Å²) in [4.78, 5) is 25.3. The van der Waals surface area contributed by atoms with Gasteiger partial charge in [0, 0.05) is 31.1 Å². The van der Waals surface area contributed by atoms with Crippen LogP contribution in [0.5, 0.6) is 17.2 Å². The Bertz CT molecular complexity index is 1090. The maximum absolute atomic E-state index is 12.9. The zero-order chi connectivity index (χ0) is 22.5. The van der Waals surface area contributed by atoms with Gasteiger partial charge in [-0.15, -0.1) is 0 Å². The molecule has 0 aliphatic carbocycles. The van der Waals surface area contributed by atoms with Crippen molar-refractivity contribution in [2.24, 2.45) is 7.05 Å². The molecule has 0 spiro atoms. The predicted molar refractivity (Wildman–Crippen MR) is 118 cm³/mol. The van der Waals surface area contributed by atoms with E-state index in [1.54, 1.807) is 52.0 Å². The van der Waals surface area contributed by atoms with E-state index >= 15 is 0 Å². The molecule has 1 heterocycles. The predicted octanol–water partition coefficient (Wildman–Crippen LogP) is 2.64. The van der Waals surface area contributed by atoms with Crippen molar-refractivity contribution in [1.29, 1.82) is 0 Å². The zero-order valence-electron chi connectivity index (χ0n) is 18.3. The first kappa shape index (κ1) is 22.0. The molecule has 0 aliphatic rings. The van der Waals surface area contributed by atoms with Crippen molar-refractivity contribution >= 4 is 22.7 Å². The summed E-state index contributed by atoms with van der Waals surface area (Å²) in [6.07, 6.45) is 0. The van der Waals surface area contributed by atoms with Crippen LogP contribution in [0.4, 0.5) is 0 Å². The average Bonchev–Trinajstić information content (AvgIpc) is 3.13. The number of carbonyl (C=O) groups excluding carboxylic acids is 2. The van der Waals surface area contributed by atoms with Crippen molar-refractivity contribution < 1.29 is 23.8 Å². The van der Waals surface area contributed by atoms with Crippen LogP contribution in [0.25, 0.3) is 10.9 Å². The first-order valence-corrected chi connectivity index (χ1v) is 9.81. The molecule has 8 heteroatoms. The number of hydrogen-bond donors (Lipinski definition) is 2. The highest BCUT2D eigenvalue weighted by atomic mass is 16.5. The second-order valence-electron chi connectivity index (χ2n) is 7.11. The summed E-state index contributed by atoms with van der Waals surface area (Å²) < 4.78 is 17.6. The summed E-state index contributed by atoms with van der Waals surface area (Å²) in [6, 6.07) is 12.0. The molecule has 0 bridgehead atoms. The van der Waals surface area contributed by atoms with Gasteiger partial charge >= 0.3 is 0 Å². The fraction of sp³-hybridized carbons (Fsp3) is 0.304. The molecule has 2 N–H and O–H groups in total. The van der Waals surface area contributed by atoms with Crippen LogP contribution >= 0.6 is 0 Å². The van der Waals surface area contributed by atoms with Gasteiger partial charge in [-0.1, -0.05) is 12.1 Å². The molecule has 3 rings (SSSR count). The monoisotopic (exact) mass is 425 g/mol. The number of hydrogen-bond acceptors (Lipinski definition) is 5. The molecular weight excluding hydrogens is 398 g/mol. The second kappa shape index (κ2) is 9.42. The Hall–Kier alpha value is -3.68. The summed E-state index contributed by atoms with van der Waals surface area (Å²) in [5.41, 5.74) is 2.14. The summed E-state index contributed by atoms with van der Waals surface area (Å²) in [5.74, 6) is 1.35. The maximum atomic E-state index is 12.9. The van der Waals surface area contributed by atoms with Gasteiger partial charge in [0.2, 0.25) is 5.91 Å². The summed E-state index contributed by atoms with van der Waals surface area (Å²) in [6.45, 7) is 2.00. The van der Waals surface area contributed by atoms with E-state index in [0.29, 0.717) is 23.7 Å². The fourth-order valence-electron chi connectivity index (χ4n) is 3.30. The van der Waals surface area contributed by atoms with Gasteiger partial charge in [-0.05, 0) is 30.7 Å². The Labute approximate surface area is 181 Å². The molecule has 164 valence electrons. The number of benzene rings is 2. The average molecular weight is 425 g/mol. The third-order valence-electron chi connectivity index (χ3n) is 5.15. The minimum atomic E-state index is -0.708. The standard InChI is InChI=1S/C23H27N3O5/c1-14(22(27)24-13-15-6-8-16(29-3)9-7-15)25-23(28)20-12-18-19(26(20)2)10-17(30-4)11-21(18)31-5/h6-12,14H,13H2,1-5H3,(H,24,27)(H,25,28)/t14-/m0/s1. The maximum Gasteiger partial charge on any atom is 0.268 e. The number of aromatic nitrogens is 1. The minimum absolute atomic E-state index is 0.276. The van der Waals surface area contributed by atoms with Crippen LogP contribution in [0.1, 0.15) is 23.0 Å². The number of ether oxygens (including phenoxy) is 3. The van der Waals surface area contributed by atoms with Crippen molar-refractivity contribution in [3.63, 3.8) is 0 Å². The first-order chi connectivity index (χ1) is 14.9. The lowest BCUT2D eigenvalue weighted by Crippen LogP contribution is -2.44. The van der Waals surface area contributed by atoms with Gasteiger partial charge in [0.1, 0.15) is 29.0 Å². The van der Waals surface area contributed by atoms with E-state index in [2.05, 4.69) is 10.6 Å². The molecule has 0 fully saturated rings. The Kier molecular flexibility index (Phi) is 6.69. The molecule has 8 nitrogen and oxygen atoms in total. The van der Waals surface area contributed by atoms with E-state index in [4.69, 9.17) is 14.2 Å². The summed E-state index contributed by atoms with van der Waals surface area (Å²) in [5, 5.41) is 6.37. The number of amides is 2.